The number of rotatable bonds is 2. The lowest BCUT2D eigenvalue weighted by Gasteiger charge is -2.05. The number of aromatic amines is 1. The van der Waals surface area contributed by atoms with Crippen molar-refractivity contribution < 1.29 is 8.78 Å². The van der Waals surface area contributed by atoms with Crippen molar-refractivity contribution >= 4 is 23.3 Å². The van der Waals surface area contributed by atoms with Gasteiger partial charge in [0, 0.05) is 0 Å². The number of para-hydroxylation sites is 1. The minimum atomic E-state index is -0.892. The summed E-state index contributed by atoms with van der Waals surface area (Å²) in [5.41, 5.74) is 2.48. The fourth-order valence-corrected chi connectivity index (χ4v) is 2.52. The van der Waals surface area contributed by atoms with Gasteiger partial charge in [0.15, 0.2) is 16.4 Å². The number of nitrogens with zero attached hydrogens (tertiary/aromatic N) is 2. The van der Waals surface area contributed by atoms with Gasteiger partial charge in [0.1, 0.15) is 6.07 Å². The van der Waals surface area contributed by atoms with E-state index in [4.69, 9.17) is 17.5 Å². The lowest BCUT2D eigenvalue weighted by atomic mass is 10.2. The number of hydrogen-bond acceptors (Lipinski definition) is 2. The van der Waals surface area contributed by atoms with Crippen molar-refractivity contribution in [1.29, 1.82) is 5.26 Å². The summed E-state index contributed by atoms with van der Waals surface area (Å²) in [6.45, 7) is 0.297. The molecule has 0 spiro atoms. The number of H-pyrrole nitrogens is 1. The van der Waals surface area contributed by atoms with Crippen molar-refractivity contribution in [1.82, 2.24) is 9.55 Å². The maximum absolute atomic E-state index is 13.3. The van der Waals surface area contributed by atoms with Crippen LogP contribution in [0.4, 0.5) is 8.78 Å². The molecule has 0 bridgehead atoms. The van der Waals surface area contributed by atoms with E-state index in [1.165, 1.54) is 6.07 Å². The molecule has 0 aliphatic carbocycles. The maximum Gasteiger partial charge on any atom is 0.178 e. The highest BCUT2D eigenvalue weighted by atomic mass is 32.1. The number of aromatic nitrogens is 2. The van der Waals surface area contributed by atoms with E-state index in [-0.39, 0.29) is 0 Å². The Morgan fingerprint density at radius 3 is 2.71 bits per heavy atom. The predicted octanol–water partition coefficient (Wildman–Crippen LogP) is 3.90. The molecule has 3 rings (SSSR count). The highest BCUT2D eigenvalue weighted by Crippen LogP contribution is 2.20. The Morgan fingerprint density at radius 2 is 2.00 bits per heavy atom. The van der Waals surface area contributed by atoms with Gasteiger partial charge in [-0.1, -0.05) is 12.1 Å². The Bertz CT molecular complexity index is 934. The highest BCUT2D eigenvalue weighted by molar-refractivity contribution is 7.71. The summed E-state index contributed by atoms with van der Waals surface area (Å²) in [6.07, 6.45) is 0. The molecule has 104 valence electrons. The number of nitriles is 1. The monoisotopic (exact) mass is 301 g/mol. The topological polar surface area (TPSA) is 44.5 Å². The number of fused-ring (bicyclic) bond motifs is 1. The summed E-state index contributed by atoms with van der Waals surface area (Å²) in [6, 6.07) is 11.1. The average molecular weight is 301 g/mol. The van der Waals surface area contributed by atoms with Crippen molar-refractivity contribution in [2.75, 3.05) is 0 Å². The standard InChI is InChI=1S/C15H9F2N3S/c16-11-5-4-9(6-12(11)17)8-20-13-3-1-2-10(7-18)14(13)19-15(20)21/h1-6H,8H2,(H,19,21). The van der Waals surface area contributed by atoms with Crippen molar-refractivity contribution in [2.24, 2.45) is 0 Å². The van der Waals surface area contributed by atoms with E-state index in [0.29, 0.717) is 28.0 Å². The van der Waals surface area contributed by atoms with Gasteiger partial charge in [0.05, 0.1) is 23.1 Å². The number of benzene rings is 2. The zero-order valence-corrected chi connectivity index (χ0v) is 11.5. The molecular formula is C15H9F2N3S. The average Bonchev–Trinajstić information content (AvgIpc) is 2.79. The molecule has 1 N–H and O–H groups in total. The van der Waals surface area contributed by atoms with Crippen LogP contribution in [-0.2, 0) is 6.54 Å². The molecule has 0 amide bonds. The first-order chi connectivity index (χ1) is 10.1. The van der Waals surface area contributed by atoms with Gasteiger partial charge in [-0.25, -0.2) is 8.78 Å². The summed E-state index contributed by atoms with van der Waals surface area (Å²) < 4.78 is 28.4. The molecule has 0 fully saturated rings. The minimum absolute atomic E-state index is 0.297. The first-order valence-electron chi connectivity index (χ1n) is 6.15. The van der Waals surface area contributed by atoms with E-state index in [9.17, 15) is 8.78 Å². The second kappa shape index (κ2) is 5.11. The molecule has 21 heavy (non-hydrogen) atoms. The smallest absolute Gasteiger partial charge is 0.178 e. The van der Waals surface area contributed by atoms with Gasteiger partial charge in [0.2, 0.25) is 0 Å². The molecule has 0 aliphatic heterocycles. The van der Waals surface area contributed by atoms with Gasteiger partial charge in [-0.2, -0.15) is 5.26 Å². The van der Waals surface area contributed by atoms with Crippen molar-refractivity contribution in [2.45, 2.75) is 6.54 Å². The van der Waals surface area contributed by atoms with E-state index < -0.39 is 11.6 Å². The van der Waals surface area contributed by atoms with Gasteiger partial charge in [-0.3, -0.25) is 0 Å². The quantitative estimate of drug-likeness (QED) is 0.730. The largest absolute Gasteiger partial charge is 0.329 e. The minimum Gasteiger partial charge on any atom is -0.329 e. The molecule has 6 heteroatoms. The third-order valence-corrected chi connectivity index (χ3v) is 3.58. The molecule has 0 atom stereocenters. The zero-order chi connectivity index (χ0) is 15.0. The molecule has 0 radical (unpaired) electrons. The maximum atomic E-state index is 13.3. The first-order valence-corrected chi connectivity index (χ1v) is 6.56. The Hall–Kier alpha value is -2.52. The molecule has 0 aliphatic rings. The summed E-state index contributed by atoms with van der Waals surface area (Å²) >= 11 is 5.25. The van der Waals surface area contributed by atoms with Crippen molar-refractivity contribution in [3.8, 4) is 6.07 Å². The van der Waals surface area contributed by atoms with E-state index in [2.05, 4.69) is 11.1 Å². The zero-order valence-electron chi connectivity index (χ0n) is 10.7. The van der Waals surface area contributed by atoms with E-state index in [1.54, 1.807) is 16.7 Å². The first kappa shape index (κ1) is 13.5. The lowest BCUT2D eigenvalue weighted by molar-refractivity contribution is 0.506. The Kier molecular flexibility index (Phi) is 3.28. The van der Waals surface area contributed by atoms with Gasteiger partial charge >= 0.3 is 0 Å². The second-order valence-electron chi connectivity index (χ2n) is 4.58. The van der Waals surface area contributed by atoms with Crippen LogP contribution in [0.5, 0.6) is 0 Å². The lowest BCUT2D eigenvalue weighted by Crippen LogP contribution is -2.00. The second-order valence-corrected chi connectivity index (χ2v) is 4.96. The molecule has 1 heterocycles. The highest BCUT2D eigenvalue weighted by Gasteiger charge is 2.10. The summed E-state index contributed by atoms with van der Waals surface area (Å²) in [4.78, 5) is 2.98. The molecule has 3 nitrogen and oxygen atoms in total. The van der Waals surface area contributed by atoms with Crippen LogP contribution in [0.3, 0.4) is 0 Å². The predicted molar refractivity (Wildman–Crippen MR) is 77.3 cm³/mol. The summed E-state index contributed by atoms with van der Waals surface area (Å²) in [7, 11) is 0. The van der Waals surface area contributed by atoms with Crippen LogP contribution >= 0.6 is 12.2 Å². The Labute approximate surface area is 124 Å². The fraction of sp³-hybridized carbons (Fsp3) is 0.0667. The summed E-state index contributed by atoms with van der Waals surface area (Å²) in [5.74, 6) is -1.77. The van der Waals surface area contributed by atoms with Crippen LogP contribution in [-0.4, -0.2) is 9.55 Å². The number of hydrogen-bond donors (Lipinski definition) is 1. The van der Waals surface area contributed by atoms with Gasteiger partial charge < -0.3 is 9.55 Å². The Balaban J connectivity index is 2.13. The van der Waals surface area contributed by atoms with Gasteiger partial charge in [0.25, 0.3) is 0 Å². The van der Waals surface area contributed by atoms with Crippen LogP contribution < -0.4 is 0 Å². The van der Waals surface area contributed by atoms with E-state index in [1.807, 2.05) is 6.07 Å². The molecule has 0 saturated carbocycles. The Morgan fingerprint density at radius 1 is 1.19 bits per heavy atom. The van der Waals surface area contributed by atoms with Gasteiger partial charge in [-0.05, 0) is 42.0 Å². The van der Waals surface area contributed by atoms with Crippen LogP contribution in [0.2, 0.25) is 0 Å². The van der Waals surface area contributed by atoms with Crippen LogP contribution in [0, 0.1) is 27.7 Å². The van der Waals surface area contributed by atoms with Crippen LogP contribution in [0.15, 0.2) is 36.4 Å². The van der Waals surface area contributed by atoms with Gasteiger partial charge in [-0.15, -0.1) is 0 Å². The summed E-state index contributed by atoms with van der Waals surface area (Å²) in [5, 5.41) is 9.09. The van der Waals surface area contributed by atoms with Crippen molar-refractivity contribution in [3.63, 3.8) is 0 Å². The third kappa shape index (κ3) is 2.32. The van der Waals surface area contributed by atoms with E-state index >= 15 is 0 Å². The molecule has 2 aromatic carbocycles. The fourth-order valence-electron chi connectivity index (χ4n) is 2.25. The molecular weight excluding hydrogens is 292 g/mol. The van der Waals surface area contributed by atoms with Crippen LogP contribution in [0.25, 0.3) is 11.0 Å². The molecule has 0 unspecified atom stereocenters. The normalized spacial score (nSPS) is 10.7. The van der Waals surface area contributed by atoms with Crippen LogP contribution in [0.1, 0.15) is 11.1 Å². The third-order valence-electron chi connectivity index (χ3n) is 3.26. The SMILES string of the molecule is N#Cc1cccc2c1[nH]c(=S)n2Cc1ccc(F)c(F)c1. The molecule has 1 aromatic heterocycles. The van der Waals surface area contributed by atoms with Crippen molar-refractivity contribution in [3.05, 3.63) is 63.9 Å². The molecule has 3 aromatic rings. The van der Waals surface area contributed by atoms with E-state index in [0.717, 1.165) is 17.6 Å². The molecule has 0 saturated heterocycles. The number of imidazole rings is 1. The number of halogens is 2. The number of nitrogens with one attached hydrogen (secondary N) is 1.